The van der Waals surface area contributed by atoms with Crippen molar-refractivity contribution in [3.05, 3.63) is 83.9 Å². The molecule has 1 heterocycles. The predicted octanol–water partition coefficient (Wildman–Crippen LogP) is 5.97. The predicted molar refractivity (Wildman–Crippen MR) is 120 cm³/mol. The highest BCUT2D eigenvalue weighted by atomic mass is 35.5. The molecule has 4 rings (SSSR count). The van der Waals surface area contributed by atoms with Crippen molar-refractivity contribution in [2.75, 3.05) is 11.9 Å². The average Bonchev–Trinajstić information content (AvgIpc) is 3.21. The molecule has 6 nitrogen and oxygen atoms in total. The van der Waals surface area contributed by atoms with Crippen LogP contribution in [0, 0.1) is 0 Å². The van der Waals surface area contributed by atoms with Crippen LogP contribution in [0.15, 0.2) is 93.2 Å². The van der Waals surface area contributed by atoms with Gasteiger partial charge in [-0.15, -0.1) is 0 Å². The summed E-state index contributed by atoms with van der Waals surface area (Å²) in [6.07, 6.45) is 0. The van der Waals surface area contributed by atoms with Crippen molar-refractivity contribution in [3.63, 3.8) is 0 Å². The maximum Gasteiger partial charge on any atom is 0.238 e. The van der Waals surface area contributed by atoms with E-state index in [1.165, 1.54) is 24.3 Å². The first-order chi connectivity index (χ1) is 15.0. The van der Waals surface area contributed by atoms with E-state index >= 15 is 0 Å². The number of nitrogens with zero attached hydrogens (tertiary/aromatic N) is 1. The molecule has 0 radical (unpaired) electrons. The third-order valence-corrected chi connectivity index (χ3v) is 6.35. The van der Waals surface area contributed by atoms with E-state index in [0.29, 0.717) is 28.6 Å². The van der Waals surface area contributed by atoms with Crippen molar-refractivity contribution >= 4 is 33.0 Å². The minimum Gasteiger partial charge on any atom is -0.494 e. The molecule has 31 heavy (non-hydrogen) atoms. The number of sulfone groups is 1. The molecule has 0 atom stereocenters. The van der Waals surface area contributed by atoms with Gasteiger partial charge in [-0.1, -0.05) is 29.8 Å². The van der Waals surface area contributed by atoms with E-state index in [0.717, 1.165) is 0 Å². The fourth-order valence-corrected chi connectivity index (χ4v) is 4.31. The van der Waals surface area contributed by atoms with Crippen LogP contribution in [0.3, 0.4) is 0 Å². The number of ether oxygens (including phenoxy) is 1. The maximum absolute atomic E-state index is 13.3. The highest BCUT2D eigenvalue weighted by Crippen LogP contribution is 2.34. The van der Waals surface area contributed by atoms with Gasteiger partial charge >= 0.3 is 0 Å². The fraction of sp³-hybridized carbons (Fsp3) is 0.0870. The lowest BCUT2D eigenvalue weighted by Crippen LogP contribution is -2.05. The lowest BCUT2D eigenvalue weighted by atomic mass is 10.2. The molecule has 0 fully saturated rings. The summed E-state index contributed by atoms with van der Waals surface area (Å²) in [6.45, 7) is 2.46. The summed E-state index contributed by atoms with van der Waals surface area (Å²) >= 11 is 5.91. The Morgan fingerprint density at radius 2 is 1.65 bits per heavy atom. The van der Waals surface area contributed by atoms with Crippen LogP contribution in [0.2, 0.25) is 5.02 Å². The molecule has 8 heteroatoms. The number of hydrogen-bond donors (Lipinski definition) is 1. The van der Waals surface area contributed by atoms with Crippen LogP contribution in [0.1, 0.15) is 6.92 Å². The van der Waals surface area contributed by atoms with Crippen LogP contribution in [0.5, 0.6) is 5.75 Å². The van der Waals surface area contributed by atoms with Crippen LogP contribution in [-0.2, 0) is 9.84 Å². The molecular formula is C23H19ClN2O4S. The van der Waals surface area contributed by atoms with Gasteiger partial charge in [0, 0.05) is 16.3 Å². The van der Waals surface area contributed by atoms with Crippen molar-refractivity contribution in [2.24, 2.45) is 0 Å². The van der Waals surface area contributed by atoms with Crippen molar-refractivity contribution in [1.82, 2.24) is 4.98 Å². The molecule has 1 N–H and O–H groups in total. The monoisotopic (exact) mass is 454 g/mol. The Labute approximate surface area is 185 Å². The highest BCUT2D eigenvalue weighted by molar-refractivity contribution is 7.91. The molecule has 0 unspecified atom stereocenters. The maximum atomic E-state index is 13.3. The smallest absolute Gasteiger partial charge is 0.238 e. The van der Waals surface area contributed by atoms with Gasteiger partial charge in [0.15, 0.2) is 0 Å². The first kappa shape index (κ1) is 21.0. The van der Waals surface area contributed by atoms with Gasteiger partial charge in [-0.25, -0.2) is 8.42 Å². The SMILES string of the molecule is CCOc1ccc(Nc2oc(-c3ccccc3)nc2S(=O)(=O)c2ccc(Cl)cc2)cc1. The molecule has 0 amide bonds. The van der Waals surface area contributed by atoms with Gasteiger partial charge in [-0.2, -0.15) is 4.98 Å². The first-order valence-electron chi connectivity index (χ1n) is 9.54. The van der Waals surface area contributed by atoms with E-state index in [4.69, 9.17) is 20.8 Å². The zero-order valence-corrected chi connectivity index (χ0v) is 18.2. The molecule has 0 aliphatic rings. The quantitative estimate of drug-likeness (QED) is 0.370. The molecule has 3 aromatic carbocycles. The summed E-state index contributed by atoms with van der Waals surface area (Å²) in [4.78, 5) is 4.39. The fourth-order valence-electron chi connectivity index (χ4n) is 2.93. The summed E-state index contributed by atoms with van der Waals surface area (Å²) in [5.74, 6) is 0.934. The van der Waals surface area contributed by atoms with Crippen molar-refractivity contribution in [2.45, 2.75) is 16.8 Å². The molecule has 0 aliphatic heterocycles. The molecule has 158 valence electrons. The Balaban J connectivity index is 1.77. The van der Waals surface area contributed by atoms with Gasteiger partial charge < -0.3 is 14.5 Å². The van der Waals surface area contributed by atoms with E-state index in [1.54, 1.807) is 36.4 Å². The van der Waals surface area contributed by atoms with Crippen LogP contribution in [-0.4, -0.2) is 20.0 Å². The minimum absolute atomic E-state index is 0.0259. The zero-order valence-electron chi connectivity index (χ0n) is 16.6. The van der Waals surface area contributed by atoms with Crippen LogP contribution in [0.4, 0.5) is 11.6 Å². The van der Waals surface area contributed by atoms with Crippen LogP contribution >= 0.6 is 11.6 Å². The number of aromatic nitrogens is 1. The number of benzene rings is 3. The van der Waals surface area contributed by atoms with E-state index in [-0.39, 0.29) is 21.7 Å². The lowest BCUT2D eigenvalue weighted by molar-refractivity contribution is 0.340. The number of anilines is 2. The Hall–Kier alpha value is -3.29. The van der Waals surface area contributed by atoms with Gasteiger partial charge in [0.2, 0.25) is 26.6 Å². The summed E-state index contributed by atoms with van der Waals surface area (Å²) in [5.41, 5.74) is 1.29. The molecule has 1 aromatic heterocycles. The number of oxazole rings is 1. The van der Waals surface area contributed by atoms with Gasteiger partial charge in [-0.3, -0.25) is 0 Å². The Morgan fingerprint density at radius 3 is 2.29 bits per heavy atom. The third kappa shape index (κ3) is 4.57. The second kappa shape index (κ2) is 8.83. The minimum atomic E-state index is -3.96. The Morgan fingerprint density at radius 1 is 0.968 bits per heavy atom. The number of halogens is 1. The van der Waals surface area contributed by atoms with Gasteiger partial charge in [0.1, 0.15) is 5.75 Å². The summed E-state index contributed by atoms with van der Waals surface area (Å²) in [5, 5.41) is 3.26. The average molecular weight is 455 g/mol. The molecular weight excluding hydrogens is 436 g/mol. The molecule has 0 saturated carbocycles. The Bertz CT molecular complexity index is 1270. The van der Waals surface area contributed by atoms with Crippen molar-refractivity contribution < 1.29 is 17.6 Å². The summed E-state index contributed by atoms with van der Waals surface area (Å²) in [6, 6.07) is 22.1. The van der Waals surface area contributed by atoms with Gasteiger partial charge in [0.25, 0.3) is 0 Å². The summed E-state index contributed by atoms with van der Waals surface area (Å²) in [7, 11) is -3.96. The molecule has 0 bridgehead atoms. The van der Waals surface area contributed by atoms with Crippen LogP contribution < -0.4 is 10.1 Å². The van der Waals surface area contributed by atoms with E-state index in [9.17, 15) is 8.42 Å². The molecule has 0 saturated heterocycles. The van der Waals surface area contributed by atoms with E-state index in [1.807, 2.05) is 25.1 Å². The van der Waals surface area contributed by atoms with E-state index < -0.39 is 9.84 Å². The number of rotatable bonds is 7. The van der Waals surface area contributed by atoms with Crippen molar-refractivity contribution in [3.8, 4) is 17.2 Å². The molecule has 0 spiro atoms. The topological polar surface area (TPSA) is 81.4 Å². The normalized spacial score (nSPS) is 11.3. The van der Waals surface area contributed by atoms with E-state index in [2.05, 4.69) is 10.3 Å². The van der Waals surface area contributed by atoms with Gasteiger partial charge in [-0.05, 0) is 67.6 Å². The standard InChI is InChI=1S/C23H19ClN2O4S/c1-2-29-19-12-10-18(11-13-19)25-22-23(26-21(30-22)16-6-4-3-5-7-16)31(27,28)20-14-8-17(24)9-15-20/h3-15,25H,2H2,1H3. The molecule has 0 aliphatic carbocycles. The molecule has 4 aromatic rings. The second-order valence-corrected chi connectivity index (χ2v) is 8.86. The van der Waals surface area contributed by atoms with Crippen LogP contribution in [0.25, 0.3) is 11.5 Å². The zero-order chi connectivity index (χ0) is 21.8. The lowest BCUT2D eigenvalue weighted by Gasteiger charge is -2.08. The van der Waals surface area contributed by atoms with Crippen molar-refractivity contribution in [1.29, 1.82) is 0 Å². The summed E-state index contributed by atoms with van der Waals surface area (Å²) < 4.78 is 37.9. The van der Waals surface area contributed by atoms with Gasteiger partial charge in [0.05, 0.1) is 11.5 Å². The number of nitrogens with one attached hydrogen (secondary N) is 1. The second-order valence-electron chi connectivity index (χ2n) is 6.56. The first-order valence-corrected chi connectivity index (χ1v) is 11.4. The highest BCUT2D eigenvalue weighted by Gasteiger charge is 2.28. The largest absolute Gasteiger partial charge is 0.494 e. The number of hydrogen-bond acceptors (Lipinski definition) is 6. The Kier molecular flexibility index (Phi) is 5.97. The third-order valence-electron chi connectivity index (χ3n) is 4.42.